The average Bonchev–Trinajstić information content (AvgIpc) is 2.75. The quantitative estimate of drug-likeness (QED) is 0.852. The van der Waals surface area contributed by atoms with Gasteiger partial charge in [0, 0.05) is 12.3 Å². The van der Waals surface area contributed by atoms with Gasteiger partial charge in [0.25, 0.3) is 0 Å². The maximum Gasteiger partial charge on any atom is 0.178 e. The third-order valence-corrected chi connectivity index (χ3v) is 5.73. The zero-order chi connectivity index (χ0) is 14.0. The van der Waals surface area contributed by atoms with Crippen molar-refractivity contribution < 1.29 is 13.2 Å². The predicted octanol–water partition coefficient (Wildman–Crippen LogP) is 2.84. The van der Waals surface area contributed by atoms with E-state index in [1.807, 2.05) is 26.0 Å². The highest BCUT2D eigenvalue weighted by atomic mass is 32.2. The summed E-state index contributed by atoms with van der Waals surface area (Å²) in [6.07, 6.45) is 2.84. The van der Waals surface area contributed by atoms with Crippen LogP contribution in [0.5, 0.6) is 0 Å². The van der Waals surface area contributed by atoms with Gasteiger partial charge in [0.2, 0.25) is 0 Å². The lowest BCUT2D eigenvalue weighted by molar-refractivity contribution is -0.120. The number of hydrogen-bond acceptors (Lipinski definition) is 3. The van der Waals surface area contributed by atoms with Gasteiger partial charge in [0.15, 0.2) is 9.84 Å². The van der Waals surface area contributed by atoms with Crippen molar-refractivity contribution in [2.24, 2.45) is 5.92 Å². The third-order valence-electron chi connectivity index (χ3n) is 3.84. The van der Waals surface area contributed by atoms with E-state index in [0.29, 0.717) is 17.7 Å². The largest absolute Gasteiger partial charge is 0.299 e. The zero-order valence-corrected chi connectivity index (χ0v) is 12.3. The molecule has 1 saturated carbocycles. The molecular formula is C15H20O3S. The topological polar surface area (TPSA) is 51.2 Å². The molecule has 1 aromatic carbocycles. The van der Waals surface area contributed by atoms with Crippen LogP contribution < -0.4 is 0 Å². The Morgan fingerprint density at radius 3 is 2.63 bits per heavy atom. The molecule has 1 aromatic rings. The number of carbonyl (C=O) groups is 1. The van der Waals surface area contributed by atoms with Crippen LogP contribution in [-0.2, 0) is 14.6 Å². The van der Waals surface area contributed by atoms with Crippen LogP contribution in [0, 0.1) is 19.8 Å². The van der Waals surface area contributed by atoms with Gasteiger partial charge in [-0.05, 0) is 50.3 Å². The smallest absolute Gasteiger partial charge is 0.178 e. The fourth-order valence-electron chi connectivity index (χ4n) is 2.64. The molecule has 1 unspecified atom stereocenters. The first-order chi connectivity index (χ1) is 8.90. The molecule has 1 fully saturated rings. The Kier molecular flexibility index (Phi) is 4.09. The Morgan fingerprint density at radius 2 is 2.00 bits per heavy atom. The summed E-state index contributed by atoms with van der Waals surface area (Å²) in [7, 11) is -3.28. The Morgan fingerprint density at radius 1 is 1.26 bits per heavy atom. The van der Waals surface area contributed by atoms with Crippen LogP contribution in [0.4, 0.5) is 0 Å². The van der Waals surface area contributed by atoms with Crippen LogP contribution in [-0.4, -0.2) is 20.0 Å². The van der Waals surface area contributed by atoms with Gasteiger partial charge >= 0.3 is 0 Å². The van der Waals surface area contributed by atoms with Crippen LogP contribution in [0.15, 0.2) is 23.1 Å². The summed E-state index contributed by atoms with van der Waals surface area (Å²) >= 11 is 0. The standard InChI is InChI=1S/C15H20O3S/c1-11-6-7-12(2)15(10-11)19(17,18)9-8-13-4-3-5-14(13)16/h6-7,10,13H,3-5,8-9H2,1-2H3. The van der Waals surface area contributed by atoms with E-state index in [4.69, 9.17) is 0 Å². The third kappa shape index (κ3) is 3.24. The van der Waals surface area contributed by atoms with E-state index in [1.54, 1.807) is 6.07 Å². The molecule has 1 atom stereocenters. The summed E-state index contributed by atoms with van der Waals surface area (Å²) in [5, 5.41) is 0. The van der Waals surface area contributed by atoms with E-state index in [9.17, 15) is 13.2 Å². The summed E-state index contributed by atoms with van der Waals surface area (Å²) in [6, 6.07) is 5.47. The molecule has 19 heavy (non-hydrogen) atoms. The molecular weight excluding hydrogens is 260 g/mol. The Labute approximate surface area is 114 Å². The Hall–Kier alpha value is -1.16. The maximum absolute atomic E-state index is 12.4. The highest BCUT2D eigenvalue weighted by Crippen LogP contribution is 2.26. The first kappa shape index (κ1) is 14.3. The number of benzene rings is 1. The van der Waals surface area contributed by atoms with E-state index in [-0.39, 0.29) is 17.5 Å². The summed E-state index contributed by atoms with van der Waals surface area (Å²) in [5.74, 6) is 0.268. The molecule has 0 saturated heterocycles. The first-order valence-electron chi connectivity index (χ1n) is 6.73. The van der Waals surface area contributed by atoms with Crippen molar-refractivity contribution in [1.82, 2.24) is 0 Å². The lowest BCUT2D eigenvalue weighted by Crippen LogP contribution is -2.15. The molecule has 2 rings (SSSR count). The number of carbonyl (C=O) groups excluding carboxylic acids is 1. The summed E-state index contributed by atoms with van der Waals surface area (Å²) in [4.78, 5) is 12.0. The Bertz CT molecular complexity index is 587. The van der Waals surface area contributed by atoms with Crippen molar-refractivity contribution in [1.29, 1.82) is 0 Å². The van der Waals surface area contributed by atoms with E-state index in [2.05, 4.69) is 0 Å². The van der Waals surface area contributed by atoms with E-state index in [1.165, 1.54) is 0 Å². The second-order valence-corrected chi connectivity index (χ2v) is 7.51. The lowest BCUT2D eigenvalue weighted by atomic mass is 10.1. The second kappa shape index (κ2) is 5.45. The molecule has 0 N–H and O–H groups in total. The number of hydrogen-bond donors (Lipinski definition) is 0. The molecule has 0 radical (unpaired) electrons. The molecule has 104 valence electrons. The van der Waals surface area contributed by atoms with E-state index in [0.717, 1.165) is 24.0 Å². The fraction of sp³-hybridized carbons (Fsp3) is 0.533. The number of sulfone groups is 1. The molecule has 0 aliphatic heterocycles. The van der Waals surface area contributed by atoms with Gasteiger partial charge in [0.1, 0.15) is 5.78 Å². The van der Waals surface area contributed by atoms with Crippen LogP contribution in [0.3, 0.4) is 0 Å². The van der Waals surface area contributed by atoms with Crippen molar-refractivity contribution >= 4 is 15.6 Å². The molecule has 1 aliphatic carbocycles. The summed E-state index contributed by atoms with van der Waals surface area (Å²) in [6.45, 7) is 3.70. The summed E-state index contributed by atoms with van der Waals surface area (Å²) in [5.41, 5.74) is 1.73. The van der Waals surface area contributed by atoms with E-state index < -0.39 is 9.84 Å². The second-order valence-electron chi connectivity index (χ2n) is 5.43. The molecule has 0 aromatic heterocycles. The van der Waals surface area contributed by atoms with Crippen molar-refractivity contribution in [3.8, 4) is 0 Å². The monoisotopic (exact) mass is 280 g/mol. The first-order valence-corrected chi connectivity index (χ1v) is 8.38. The minimum atomic E-state index is -3.28. The van der Waals surface area contributed by atoms with Crippen molar-refractivity contribution in [3.05, 3.63) is 29.3 Å². The van der Waals surface area contributed by atoms with E-state index >= 15 is 0 Å². The average molecular weight is 280 g/mol. The molecule has 0 bridgehead atoms. The van der Waals surface area contributed by atoms with Gasteiger partial charge in [0.05, 0.1) is 10.6 Å². The maximum atomic E-state index is 12.4. The van der Waals surface area contributed by atoms with Gasteiger partial charge in [-0.1, -0.05) is 12.1 Å². The number of ketones is 1. The predicted molar refractivity (Wildman–Crippen MR) is 74.9 cm³/mol. The lowest BCUT2D eigenvalue weighted by Gasteiger charge is -2.11. The summed E-state index contributed by atoms with van der Waals surface area (Å²) < 4.78 is 24.7. The van der Waals surface area contributed by atoms with Gasteiger partial charge in [-0.15, -0.1) is 0 Å². The molecule has 0 spiro atoms. The van der Waals surface area contributed by atoms with Gasteiger partial charge in [-0.2, -0.15) is 0 Å². The molecule has 4 heteroatoms. The molecule has 0 amide bonds. The highest BCUT2D eigenvalue weighted by molar-refractivity contribution is 7.91. The zero-order valence-electron chi connectivity index (χ0n) is 11.5. The van der Waals surface area contributed by atoms with Crippen LogP contribution in [0.25, 0.3) is 0 Å². The number of aryl methyl sites for hydroxylation is 2. The molecule has 0 heterocycles. The highest BCUT2D eigenvalue weighted by Gasteiger charge is 2.27. The molecule has 1 aliphatic rings. The minimum Gasteiger partial charge on any atom is -0.299 e. The van der Waals surface area contributed by atoms with Gasteiger partial charge in [-0.25, -0.2) is 8.42 Å². The fourth-order valence-corrected chi connectivity index (χ4v) is 4.38. The van der Waals surface area contributed by atoms with Crippen LogP contribution >= 0.6 is 0 Å². The Balaban J connectivity index is 2.14. The molecule has 3 nitrogen and oxygen atoms in total. The van der Waals surface area contributed by atoms with Crippen molar-refractivity contribution in [2.45, 2.75) is 44.4 Å². The van der Waals surface area contributed by atoms with Crippen LogP contribution in [0.2, 0.25) is 0 Å². The normalized spacial score (nSPS) is 19.9. The minimum absolute atomic E-state index is 0.0418. The number of Topliss-reactive ketones (excluding diaryl/α,β-unsaturated/α-hetero) is 1. The van der Waals surface area contributed by atoms with Crippen molar-refractivity contribution in [2.75, 3.05) is 5.75 Å². The SMILES string of the molecule is Cc1ccc(C)c(S(=O)(=O)CCC2CCCC2=O)c1. The van der Waals surface area contributed by atoms with Gasteiger partial charge < -0.3 is 0 Å². The van der Waals surface area contributed by atoms with Crippen molar-refractivity contribution in [3.63, 3.8) is 0 Å². The number of rotatable bonds is 4. The van der Waals surface area contributed by atoms with Crippen LogP contribution in [0.1, 0.15) is 36.8 Å². The van der Waals surface area contributed by atoms with Gasteiger partial charge in [-0.3, -0.25) is 4.79 Å².